The SMILES string of the molecule is O=C(CCl)n1cccc1. The van der Waals surface area contributed by atoms with Gasteiger partial charge in [0.2, 0.25) is 5.91 Å². The van der Waals surface area contributed by atoms with E-state index in [0.717, 1.165) is 0 Å². The number of alkyl halides is 1. The number of rotatable bonds is 1. The maximum Gasteiger partial charge on any atom is 0.245 e. The zero-order valence-corrected chi connectivity index (χ0v) is 5.51. The third-order valence-corrected chi connectivity index (χ3v) is 1.24. The van der Waals surface area contributed by atoms with E-state index in [9.17, 15) is 4.79 Å². The Morgan fingerprint density at radius 2 is 2.00 bits per heavy atom. The summed E-state index contributed by atoms with van der Waals surface area (Å²) in [5.41, 5.74) is 0. The Balaban J connectivity index is 2.77. The summed E-state index contributed by atoms with van der Waals surface area (Å²) in [5.74, 6) is -0.0593. The monoisotopic (exact) mass is 143 g/mol. The maximum atomic E-state index is 10.7. The Bertz CT molecular complexity index is 193. The van der Waals surface area contributed by atoms with E-state index in [1.54, 1.807) is 24.5 Å². The highest BCUT2D eigenvalue weighted by Crippen LogP contribution is 1.90. The molecule has 0 atom stereocenters. The van der Waals surface area contributed by atoms with Gasteiger partial charge in [-0.15, -0.1) is 11.6 Å². The van der Waals surface area contributed by atoms with Crippen LogP contribution in [-0.4, -0.2) is 16.4 Å². The molecule has 1 aromatic rings. The molecule has 0 aliphatic carbocycles. The van der Waals surface area contributed by atoms with E-state index in [2.05, 4.69) is 0 Å². The molecule has 0 saturated heterocycles. The topological polar surface area (TPSA) is 22.0 Å². The number of carbonyl (C=O) groups is 1. The van der Waals surface area contributed by atoms with E-state index in [1.807, 2.05) is 0 Å². The number of halogens is 1. The predicted molar refractivity (Wildman–Crippen MR) is 35.8 cm³/mol. The fourth-order valence-electron chi connectivity index (χ4n) is 0.570. The molecule has 48 valence electrons. The highest BCUT2D eigenvalue weighted by atomic mass is 35.5. The minimum Gasteiger partial charge on any atom is -0.294 e. The second-order valence-electron chi connectivity index (χ2n) is 1.62. The normalized spacial score (nSPS) is 9.44. The van der Waals surface area contributed by atoms with Crippen LogP contribution in [0.25, 0.3) is 0 Å². The molecule has 9 heavy (non-hydrogen) atoms. The minimum absolute atomic E-state index is 0.0364. The van der Waals surface area contributed by atoms with Gasteiger partial charge in [0.1, 0.15) is 5.88 Å². The van der Waals surface area contributed by atoms with E-state index in [4.69, 9.17) is 11.6 Å². The van der Waals surface area contributed by atoms with Gasteiger partial charge >= 0.3 is 0 Å². The van der Waals surface area contributed by atoms with Crippen molar-refractivity contribution in [2.45, 2.75) is 0 Å². The first kappa shape index (κ1) is 6.36. The Morgan fingerprint density at radius 1 is 1.44 bits per heavy atom. The molecule has 0 aromatic carbocycles. The van der Waals surface area contributed by atoms with Crippen molar-refractivity contribution in [3.63, 3.8) is 0 Å². The summed E-state index contributed by atoms with van der Waals surface area (Å²) in [6.07, 6.45) is 3.34. The third-order valence-electron chi connectivity index (χ3n) is 1.01. The molecule has 0 radical (unpaired) electrons. The van der Waals surface area contributed by atoms with Crippen LogP contribution in [-0.2, 0) is 0 Å². The first-order valence-corrected chi connectivity index (χ1v) is 3.10. The zero-order valence-electron chi connectivity index (χ0n) is 4.75. The Hall–Kier alpha value is -0.760. The maximum absolute atomic E-state index is 10.7. The standard InChI is InChI=1S/C6H6ClNO/c7-5-6(9)8-3-1-2-4-8/h1-4H,5H2. The van der Waals surface area contributed by atoms with Crippen LogP contribution in [0.1, 0.15) is 4.79 Å². The third kappa shape index (κ3) is 1.33. The van der Waals surface area contributed by atoms with Gasteiger partial charge in [-0.25, -0.2) is 0 Å². The summed E-state index contributed by atoms with van der Waals surface area (Å²) < 4.78 is 1.45. The summed E-state index contributed by atoms with van der Waals surface area (Å²) in [7, 11) is 0. The first-order chi connectivity index (χ1) is 4.34. The van der Waals surface area contributed by atoms with Gasteiger partial charge in [-0.1, -0.05) is 0 Å². The molecule has 0 N–H and O–H groups in total. The van der Waals surface area contributed by atoms with Gasteiger partial charge in [0.05, 0.1) is 0 Å². The van der Waals surface area contributed by atoms with Crippen LogP contribution in [0.3, 0.4) is 0 Å². The van der Waals surface area contributed by atoms with E-state index < -0.39 is 0 Å². The van der Waals surface area contributed by atoms with Gasteiger partial charge in [0.25, 0.3) is 0 Å². The van der Waals surface area contributed by atoms with Gasteiger partial charge in [-0.2, -0.15) is 0 Å². The molecule has 0 saturated carbocycles. The molecule has 1 heterocycles. The van der Waals surface area contributed by atoms with Crippen molar-refractivity contribution in [1.29, 1.82) is 0 Å². The molecule has 0 spiro atoms. The highest BCUT2D eigenvalue weighted by molar-refractivity contribution is 6.27. The largest absolute Gasteiger partial charge is 0.294 e. The molecule has 0 amide bonds. The average molecular weight is 144 g/mol. The number of hydrogen-bond donors (Lipinski definition) is 0. The van der Waals surface area contributed by atoms with Crippen LogP contribution in [0.15, 0.2) is 24.5 Å². The molecule has 1 aromatic heterocycles. The predicted octanol–water partition coefficient (Wildman–Crippen LogP) is 1.37. The van der Waals surface area contributed by atoms with Crippen LogP contribution in [0.2, 0.25) is 0 Å². The number of carbonyl (C=O) groups excluding carboxylic acids is 1. The van der Waals surface area contributed by atoms with Crippen molar-refractivity contribution in [2.75, 3.05) is 5.88 Å². The molecule has 0 unspecified atom stereocenters. The molecule has 0 aliphatic heterocycles. The molecule has 2 nitrogen and oxygen atoms in total. The van der Waals surface area contributed by atoms with E-state index in [0.29, 0.717) is 0 Å². The zero-order chi connectivity index (χ0) is 6.69. The van der Waals surface area contributed by atoms with Crippen LogP contribution in [0.5, 0.6) is 0 Å². The molecule has 0 fully saturated rings. The molecular formula is C6H6ClNO. The van der Waals surface area contributed by atoms with Crippen LogP contribution >= 0.6 is 11.6 Å². The van der Waals surface area contributed by atoms with Crippen molar-refractivity contribution in [3.05, 3.63) is 24.5 Å². The lowest BCUT2D eigenvalue weighted by atomic mass is 10.7. The Morgan fingerprint density at radius 3 is 2.44 bits per heavy atom. The van der Waals surface area contributed by atoms with Gasteiger partial charge in [-0.05, 0) is 12.1 Å². The lowest BCUT2D eigenvalue weighted by Crippen LogP contribution is -2.08. The quantitative estimate of drug-likeness (QED) is 0.545. The number of nitrogens with zero attached hydrogens (tertiary/aromatic N) is 1. The minimum atomic E-state index is -0.0957. The summed E-state index contributed by atoms with van der Waals surface area (Å²) in [5, 5.41) is 0. The molecular weight excluding hydrogens is 138 g/mol. The summed E-state index contributed by atoms with van der Waals surface area (Å²) in [6, 6.07) is 3.56. The van der Waals surface area contributed by atoms with Gasteiger partial charge in [0, 0.05) is 12.4 Å². The smallest absolute Gasteiger partial charge is 0.245 e. The lowest BCUT2D eigenvalue weighted by molar-refractivity contribution is 0.0940. The number of hydrogen-bond acceptors (Lipinski definition) is 1. The van der Waals surface area contributed by atoms with Gasteiger partial charge in [-0.3, -0.25) is 9.36 Å². The van der Waals surface area contributed by atoms with Crippen molar-refractivity contribution in [2.24, 2.45) is 0 Å². The second kappa shape index (κ2) is 2.69. The fourth-order valence-corrected chi connectivity index (χ4v) is 0.708. The first-order valence-electron chi connectivity index (χ1n) is 2.56. The average Bonchev–Trinajstić information content (AvgIpc) is 2.37. The second-order valence-corrected chi connectivity index (χ2v) is 1.88. The lowest BCUT2D eigenvalue weighted by Gasteiger charge is -1.92. The van der Waals surface area contributed by atoms with E-state index in [1.165, 1.54) is 4.57 Å². The van der Waals surface area contributed by atoms with Gasteiger partial charge in [0.15, 0.2) is 0 Å². The fraction of sp³-hybridized carbons (Fsp3) is 0.167. The van der Waals surface area contributed by atoms with Crippen molar-refractivity contribution in [3.8, 4) is 0 Å². The summed E-state index contributed by atoms with van der Waals surface area (Å²) in [6.45, 7) is 0. The Kier molecular flexibility index (Phi) is 1.90. The summed E-state index contributed by atoms with van der Waals surface area (Å²) in [4.78, 5) is 10.7. The number of aromatic nitrogens is 1. The highest BCUT2D eigenvalue weighted by Gasteiger charge is 1.97. The Labute approximate surface area is 58.0 Å². The van der Waals surface area contributed by atoms with Crippen molar-refractivity contribution >= 4 is 17.5 Å². The molecule has 3 heteroatoms. The van der Waals surface area contributed by atoms with Crippen LogP contribution in [0, 0.1) is 0 Å². The van der Waals surface area contributed by atoms with Crippen LogP contribution in [0.4, 0.5) is 0 Å². The molecule has 1 rings (SSSR count). The summed E-state index contributed by atoms with van der Waals surface area (Å²) >= 11 is 5.27. The van der Waals surface area contributed by atoms with Crippen molar-refractivity contribution in [1.82, 2.24) is 4.57 Å². The molecule has 0 bridgehead atoms. The van der Waals surface area contributed by atoms with Gasteiger partial charge < -0.3 is 0 Å². The van der Waals surface area contributed by atoms with E-state index in [-0.39, 0.29) is 11.8 Å². The van der Waals surface area contributed by atoms with Crippen molar-refractivity contribution < 1.29 is 4.79 Å². The molecule has 0 aliphatic rings. The van der Waals surface area contributed by atoms with Crippen LogP contribution < -0.4 is 0 Å². The van der Waals surface area contributed by atoms with E-state index >= 15 is 0 Å².